The van der Waals surface area contributed by atoms with Gasteiger partial charge in [-0.15, -0.1) is 0 Å². The molecular weight excluding hydrogens is 795 g/mol. The number of hydrogen-bond donors (Lipinski definition) is 9. The van der Waals surface area contributed by atoms with Crippen molar-refractivity contribution in [3.05, 3.63) is 35.2 Å². The quantitative estimate of drug-likeness (QED) is 0.115. The van der Waals surface area contributed by atoms with E-state index in [0.717, 1.165) is 82.1 Å². The van der Waals surface area contributed by atoms with Gasteiger partial charge in [0, 0.05) is 24.1 Å². The average Bonchev–Trinajstić information content (AvgIpc) is 3.64. The number of Topliss-reactive ketones (excluding diaryl/α,β-unsaturated/α-hetero) is 1. The van der Waals surface area contributed by atoms with Crippen molar-refractivity contribution < 1.29 is 40.2 Å². The number of aliphatic hydroxyl groups excluding tert-OH is 3. The molecule has 0 spiro atoms. The summed E-state index contributed by atoms with van der Waals surface area (Å²) < 4.78 is 7.18. The predicted octanol–water partition coefficient (Wildman–Crippen LogP) is 6.18. The van der Waals surface area contributed by atoms with Crippen LogP contribution < -0.4 is 16.4 Å². The van der Waals surface area contributed by atoms with Crippen LogP contribution in [0.3, 0.4) is 0 Å². The third-order valence-corrected chi connectivity index (χ3v) is 19.9. The number of fused-ring (bicyclic) bond motifs is 8. The summed E-state index contributed by atoms with van der Waals surface area (Å²) in [6, 6.07) is 0. The van der Waals surface area contributed by atoms with E-state index in [0.29, 0.717) is 62.1 Å². The van der Waals surface area contributed by atoms with Crippen LogP contribution in [0.4, 0.5) is 0 Å². The van der Waals surface area contributed by atoms with Gasteiger partial charge in [0.05, 0.1) is 53.6 Å². The number of allylic oxidation sites excluding steroid dienone is 3. The number of hydrogen-bond acceptors (Lipinski definition) is 11. The minimum atomic E-state index is -1.60. The molecule has 0 aromatic carbocycles. The number of carbonyl (C=O) groups excluding carboxylic acids is 1. The number of ether oxygens (including phenoxy) is 1. The molecule has 10 N–H and O–H groups in total. The maximum absolute atomic E-state index is 15.5. The first-order chi connectivity index (χ1) is 30.1. The van der Waals surface area contributed by atoms with E-state index in [-0.39, 0.29) is 55.2 Å². The second-order valence-corrected chi connectivity index (χ2v) is 23.0. The third-order valence-electron chi connectivity index (χ3n) is 19.9. The Morgan fingerprint density at radius 2 is 1.70 bits per heavy atom. The topological polar surface area (TPSA) is 198 Å². The highest BCUT2D eigenvalue weighted by Crippen LogP contribution is 2.74. The smallest absolute Gasteiger partial charge is 0.182 e. The van der Waals surface area contributed by atoms with Crippen molar-refractivity contribution in [3.8, 4) is 0 Å². The summed E-state index contributed by atoms with van der Waals surface area (Å²) in [6.45, 7) is 5.99. The lowest BCUT2D eigenvalue weighted by Crippen LogP contribution is -2.71. The van der Waals surface area contributed by atoms with Gasteiger partial charge in [-0.05, 0) is 168 Å². The van der Waals surface area contributed by atoms with E-state index < -0.39 is 63.9 Å². The van der Waals surface area contributed by atoms with E-state index in [1.54, 1.807) is 6.92 Å². The maximum atomic E-state index is 15.5. The normalized spacial score (nSPS) is 46.8. The number of nitrogens with one attached hydrogen (secondary N) is 2. The molecule has 63 heavy (non-hydrogen) atoms. The number of ketones is 1. The van der Waals surface area contributed by atoms with Crippen molar-refractivity contribution in [1.29, 1.82) is 0 Å². The summed E-state index contributed by atoms with van der Waals surface area (Å²) >= 11 is 0. The maximum Gasteiger partial charge on any atom is 0.182 e. The summed E-state index contributed by atoms with van der Waals surface area (Å²) in [5.41, 5.74) is 2.01. The second-order valence-electron chi connectivity index (χ2n) is 23.0. The summed E-state index contributed by atoms with van der Waals surface area (Å²) in [7, 11) is 0. The fraction of sp³-hybridized carbons (Fsp3) is 0.865. The highest BCUT2D eigenvalue weighted by molar-refractivity contribution is 6.00. The van der Waals surface area contributed by atoms with Gasteiger partial charge in [0.1, 0.15) is 5.60 Å². The average molecular weight is 878 g/mol. The Balaban J connectivity index is 1.15. The highest BCUT2D eigenvalue weighted by Gasteiger charge is 2.76. The molecule has 0 bridgehead atoms. The summed E-state index contributed by atoms with van der Waals surface area (Å²) in [5.74, 6) is -0.165. The summed E-state index contributed by atoms with van der Waals surface area (Å²) in [5, 5.41) is 82.0. The minimum absolute atomic E-state index is 0.0633. The lowest BCUT2D eigenvalue weighted by Gasteiger charge is -2.66. The fourth-order valence-electron chi connectivity index (χ4n) is 17.0. The van der Waals surface area contributed by atoms with Gasteiger partial charge in [-0.1, -0.05) is 64.4 Å². The molecular formula is C52H83N3O8. The SMILES string of the molecule is CCCC1CCC2OC3C(CCCCC3(O)C(C)(O)C3CCC4(O)C5=C(NCC(C)O)C(=O)C6CC(O)C(O)CC6(CCC6=CNC(N)C=C6)C5CCC34C3CCCCC3)C2CC1. The van der Waals surface area contributed by atoms with Gasteiger partial charge in [-0.25, -0.2) is 0 Å². The molecule has 9 rings (SSSR count). The molecule has 0 radical (unpaired) electrons. The Morgan fingerprint density at radius 3 is 2.43 bits per heavy atom. The first-order valence-corrected chi connectivity index (χ1v) is 25.9. The zero-order valence-electron chi connectivity index (χ0n) is 38.8. The fourth-order valence-corrected chi connectivity index (χ4v) is 17.0. The van der Waals surface area contributed by atoms with Gasteiger partial charge in [-0.2, -0.15) is 0 Å². The molecule has 9 aliphatic rings. The largest absolute Gasteiger partial charge is 0.392 e. The number of carbonyl (C=O) groups is 1. The van der Waals surface area contributed by atoms with E-state index in [1.165, 1.54) is 19.3 Å². The zero-order valence-corrected chi connectivity index (χ0v) is 38.8. The zero-order chi connectivity index (χ0) is 44.5. The lowest BCUT2D eigenvalue weighted by molar-refractivity contribution is -0.263. The van der Waals surface area contributed by atoms with Gasteiger partial charge in [-0.3, -0.25) is 4.79 Å². The Hall–Kier alpha value is -1.83. The molecule has 0 aromatic rings. The minimum Gasteiger partial charge on any atom is -0.392 e. The second kappa shape index (κ2) is 17.7. The number of nitrogens with two attached hydrogens (primary N) is 1. The number of aliphatic hydroxyl groups is 6. The first kappa shape index (κ1) is 46.3. The Morgan fingerprint density at radius 1 is 0.937 bits per heavy atom. The molecule has 7 fully saturated rings. The molecule has 6 saturated carbocycles. The standard InChI is InChI=1S/C52H83N3O8/c1-4-10-32-14-17-35-36-13-8-9-23-52(62,47(36)63-41(35)18-15-32)48(3,60)42-22-26-51(61)44-37(21-25-50(42,51)34-11-6-5-7-12-34)49(24-20-33-16-19-43(53)54-30-33)28-40(58)39(57)27-38(49)46(59)45(44)55-29-31(2)56/h16,19,30-32,34-43,47,54-58,60-62H,4-15,17-18,20-29,53H2,1-3H3. The lowest BCUT2D eigenvalue weighted by atomic mass is 9.40. The van der Waals surface area contributed by atoms with Crippen LogP contribution in [0.5, 0.6) is 0 Å². The molecule has 11 heteroatoms. The van der Waals surface area contributed by atoms with Gasteiger partial charge in [0.25, 0.3) is 0 Å². The third kappa shape index (κ3) is 7.46. The Kier molecular flexibility index (Phi) is 13.0. The van der Waals surface area contributed by atoms with Gasteiger partial charge >= 0.3 is 0 Å². The molecule has 1 saturated heterocycles. The predicted molar refractivity (Wildman–Crippen MR) is 242 cm³/mol. The van der Waals surface area contributed by atoms with Crippen LogP contribution in [-0.2, 0) is 9.53 Å². The monoisotopic (exact) mass is 878 g/mol. The Bertz CT molecular complexity index is 1780. The van der Waals surface area contributed by atoms with Crippen molar-refractivity contribution in [2.45, 2.75) is 222 Å². The van der Waals surface area contributed by atoms with Crippen molar-refractivity contribution in [2.24, 2.45) is 58.0 Å². The van der Waals surface area contributed by atoms with Crippen LogP contribution in [0.1, 0.15) is 168 Å². The molecule has 0 aromatic heterocycles. The molecule has 2 heterocycles. The molecule has 17 atom stereocenters. The van der Waals surface area contributed by atoms with E-state index in [4.69, 9.17) is 10.5 Å². The Labute approximate surface area is 377 Å². The van der Waals surface area contributed by atoms with Crippen LogP contribution in [0.2, 0.25) is 0 Å². The molecule has 0 amide bonds. The van der Waals surface area contributed by atoms with Crippen LogP contribution in [-0.4, -0.2) is 96.5 Å². The summed E-state index contributed by atoms with van der Waals surface area (Å²) in [4.78, 5) is 15.5. The van der Waals surface area contributed by atoms with E-state index in [1.807, 2.05) is 25.3 Å². The molecule has 354 valence electrons. The van der Waals surface area contributed by atoms with Gasteiger partial charge in [0.2, 0.25) is 0 Å². The molecule has 7 aliphatic carbocycles. The van der Waals surface area contributed by atoms with Gasteiger partial charge in [0.15, 0.2) is 5.78 Å². The summed E-state index contributed by atoms with van der Waals surface area (Å²) in [6.07, 6.45) is 21.3. The molecule has 2 aliphatic heterocycles. The van der Waals surface area contributed by atoms with E-state index in [2.05, 4.69) is 17.6 Å². The van der Waals surface area contributed by atoms with Crippen LogP contribution in [0.15, 0.2) is 35.2 Å². The van der Waals surface area contributed by atoms with Gasteiger partial charge < -0.3 is 51.7 Å². The van der Waals surface area contributed by atoms with Crippen molar-refractivity contribution >= 4 is 5.78 Å². The number of rotatable bonds is 11. The molecule has 11 nitrogen and oxygen atoms in total. The van der Waals surface area contributed by atoms with Crippen LogP contribution in [0.25, 0.3) is 0 Å². The van der Waals surface area contributed by atoms with Crippen LogP contribution >= 0.6 is 0 Å². The first-order valence-electron chi connectivity index (χ1n) is 25.9. The highest BCUT2D eigenvalue weighted by atomic mass is 16.5. The van der Waals surface area contributed by atoms with Crippen LogP contribution in [0, 0.1) is 52.3 Å². The van der Waals surface area contributed by atoms with E-state index in [9.17, 15) is 30.6 Å². The molecule has 17 unspecified atom stereocenters. The number of dihydropyridines is 1. The van der Waals surface area contributed by atoms with Crippen molar-refractivity contribution in [1.82, 2.24) is 10.6 Å². The van der Waals surface area contributed by atoms with Crippen molar-refractivity contribution in [2.75, 3.05) is 6.54 Å². The van der Waals surface area contributed by atoms with E-state index >= 15 is 4.79 Å². The van der Waals surface area contributed by atoms with Crippen molar-refractivity contribution in [3.63, 3.8) is 0 Å².